The number of aliphatic imine (C=N–C) groups is 1. The van der Waals surface area contributed by atoms with Gasteiger partial charge >= 0.3 is 0 Å². The molecule has 0 aliphatic heterocycles. The first-order valence-electron chi connectivity index (χ1n) is 5.95. The summed E-state index contributed by atoms with van der Waals surface area (Å²) in [7, 11) is 1.49. The molecule has 0 fully saturated rings. The predicted molar refractivity (Wildman–Crippen MR) is 85.5 cm³/mol. The number of alkyl halides is 2. The molecule has 20 heavy (non-hydrogen) atoms. The van der Waals surface area contributed by atoms with Gasteiger partial charge in [0.05, 0.1) is 12.6 Å². The van der Waals surface area contributed by atoms with E-state index in [0.29, 0.717) is 5.56 Å². The molecule has 0 bridgehead atoms. The van der Waals surface area contributed by atoms with Crippen LogP contribution in [0.25, 0.3) is 0 Å². The Kier molecular flexibility index (Phi) is 8.59. The Bertz CT molecular complexity index is 452. The molecule has 1 rings (SSSR count). The first kappa shape index (κ1) is 19.0. The second kappa shape index (κ2) is 9.04. The summed E-state index contributed by atoms with van der Waals surface area (Å²) in [5.74, 6) is -0.0320. The number of aryl methyl sites for hydroxylation is 1. The molecule has 0 radical (unpaired) electrons. The number of hydrogen-bond acceptors (Lipinski definition) is 1. The van der Waals surface area contributed by atoms with Gasteiger partial charge in [0, 0.05) is 7.05 Å². The molecule has 3 nitrogen and oxygen atoms in total. The van der Waals surface area contributed by atoms with Crippen LogP contribution in [0, 0.1) is 12.7 Å². The summed E-state index contributed by atoms with van der Waals surface area (Å²) in [6, 6.07) is 4.65. The van der Waals surface area contributed by atoms with Crippen molar-refractivity contribution in [3.05, 3.63) is 35.1 Å². The molecule has 0 aromatic heterocycles. The molecule has 2 N–H and O–H groups in total. The first-order valence-corrected chi connectivity index (χ1v) is 5.95. The largest absolute Gasteiger partial charge is 0.351 e. The molecule has 114 valence electrons. The second-order valence-electron chi connectivity index (χ2n) is 4.22. The molecule has 0 aliphatic rings. The van der Waals surface area contributed by atoms with Crippen LogP contribution in [0.3, 0.4) is 0 Å². The van der Waals surface area contributed by atoms with Crippen LogP contribution in [0.15, 0.2) is 23.2 Å². The Hall–Kier alpha value is -0.990. The molecule has 0 saturated carbocycles. The number of benzene rings is 1. The van der Waals surface area contributed by atoms with E-state index in [0.717, 1.165) is 5.56 Å². The standard InChI is InChI=1S/C13H18F3N3.HI/c1-8-4-5-10(6-11(8)14)9(2)19-13(17-3)18-7-12(15)16;/h4-6,9,12H,7H2,1-3H3,(H2,17,18,19);1H. The van der Waals surface area contributed by atoms with E-state index in [1.54, 1.807) is 26.0 Å². The number of nitrogens with one attached hydrogen (secondary N) is 2. The predicted octanol–water partition coefficient (Wildman–Crippen LogP) is 3.24. The fourth-order valence-corrected chi connectivity index (χ4v) is 1.54. The Morgan fingerprint density at radius 3 is 2.50 bits per heavy atom. The van der Waals surface area contributed by atoms with Gasteiger partial charge in [-0.15, -0.1) is 24.0 Å². The first-order chi connectivity index (χ1) is 8.93. The van der Waals surface area contributed by atoms with Gasteiger partial charge in [0.1, 0.15) is 5.82 Å². The summed E-state index contributed by atoms with van der Waals surface area (Å²) in [6.45, 7) is 3.01. The summed E-state index contributed by atoms with van der Waals surface area (Å²) in [4.78, 5) is 3.83. The average Bonchev–Trinajstić information content (AvgIpc) is 2.37. The van der Waals surface area contributed by atoms with Crippen LogP contribution in [0.1, 0.15) is 24.1 Å². The zero-order chi connectivity index (χ0) is 14.4. The van der Waals surface area contributed by atoms with Gasteiger partial charge in [-0.2, -0.15) is 0 Å². The van der Waals surface area contributed by atoms with E-state index < -0.39 is 13.0 Å². The second-order valence-corrected chi connectivity index (χ2v) is 4.22. The van der Waals surface area contributed by atoms with E-state index in [1.807, 2.05) is 0 Å². The third-order valence-corrected chi connectivity index (χ3v) is 2.70. The molecule has 7 heteroatoms. The van der Waals surface area contributed by atoms with Gasteiger partial charge < -0.3 is 10.6 Å². The van der Waals surface area contributed by atoms with Crippen molar-refractivity contribution in [2.75, 3.05) is 13.6 Å². The van der Waals surface area contributed by atoms with Crippen LogP contribution in [-0.4, -0.2) is 26.0 Å². The highest BCUT2D eigenvalue weighted by atomic mass is 127. The molecular formula is C13H19F3IN3. The van der Waals surface area contributed by atoms with Gasteiger partial charge in [0.25, 0.3) is 6.43 Å². The van der Waals surface area contributed by atoms with Crippen LogP contribution in [0.4, 0.5) is 13.2 Å². The smallest absolute Gasteiger partial charge is 0.255 e. The van der Waals surface area contributed by atoms with Crippen LogP contribution in [-0.2, 0) is 0 Å². The highest BCUT2D eigenvalue weighted by molar-refractivity contribution is 14.0. The highest BCUT2D eigenvalue weighted by Crippen LogP contribution is 2.16. The molecule has 0 spiro atoms. The maximum Gasteiger partial charge on any atom is 0.255 e. The third-order valence-electron chi connectivity index (χ3n) is 2.70. The Morgan fingerprint density at radius 1 is 1.35 bits per heavy atom. The number of guanidine groups is 1. The minimum absolute atomic E-state index is 0. The maximum absolute atomic E-state index is 13.4. The maximum atomic E-state index is 13.4. The fourth-order valence-electron chi connectivity index (χ4n) is 1.54. The SMILES string of the molecule is CN=C(NCC(F)F)NC(C)c1ccc(C)c(F)c1.I. The molecule has 0 saturated heterocycles. The van der Waals surface area contributed by atoms with Crippen LogP contribution in [0.2, 0.25) is 0 Å². The van der Waals surface area contributed by atoms with E-state index in [1.165, 1.54) is 13.1 Å². The summed E-state index contributed by atoms with van der Waals surface area (Å²) < 4.78 is 37.6. The van der Waals surface area contributed by atoms with Gasteiger partial charge in [-0.1, -0.05) is 12.1 Å². The van der Waals surface area contributed by atoms with Crippen LogP contribution >= 0.6 is 24.0 Å². The van der Waals surface area contributed by atoms with Gasteiger partial charge in [-0.3, -0.25) is 4.99 Å². The minimum Gasteiger partial charge on any atom is -0.351 e. The van der Waals surface area contributed by atoms with E-state index in [-0.39, 0.29) is 41.8 Å². The van der Waals surface area contributed by atoms with E-state index in [4.69, 9.17) is 0 Å². The summed E-state index contributed by atoms with van der Waals surface area (Å²) in [5.41, 5.74) is 1.29. The van der Waals surface area contributed by atoms with Crippen molar-refractivity contribution in [2.45, 2.75) is 26.3 Å². The van der Waals surface area contributed by atoms with Gasteiger partial charge in [-0.05, 0) is 31.0 Å². The zero-order valence-electron chi connectivity index (χ0n) is 11.6. The zero-order valence-corrected chi connectivity index (χ0v) is 13.9. The van der Waals surface area contributed by atoms with Crippen LogP contribution < -0.4 is 10.6 Å². The van der Waals surface area contributed by atoms with E-state index in [9.17, 15) is 13.2 Å². The molecule has 1 atom stereocenters. The van der Waals surface area contributed by atoms with Gasteiger partial charge in [0.15, 0.2) is 5.96 Å². The summed E-state index contributed by atoms with van der Waals surface area (Å²) >= 11 is 0. The van der Waals surface area contributed by atoms with Crippen molar-refractivity contribution in [1.82, 2.24) is 10.6 Å². The molecule has 0 amide bonds. The summed E-state index contributed by atoms with van der Waals surface area (Å²) in [5, 5.41) is 5.41. The van der Waals surface area contributed by atoms with E-state index >= 15 is 0 Å². The monoisotopic (exact) mass is 401 g/mol. The Balaban J connectivity index is 0.00000361. The molecule has 1 unspecified atom stereocenters. The Labute approximate surface area is 134 Å². The minimum atomic E-state index is -2.45. The number of nitrogens with zero attached hydrogens (tertiary/aromatic N) is 1. The number of hydrogen-bond donors (Lipinski definition) is 2. The van der Waals surface area contributed by atoms with Crippen LogP contribution in [0.5, 0.6) is 0 Å². The topological polar surface area (TPSA) is 36.4 Å². The quantitative estimate of drug-likeness (QED) is 0.462. The van der Waals surface area contributed by atoms with Crippen molar-refractivity contribution in [3.8, 4) is 0 Å². The third kappa shape index (κ3) is 5.98. The van der Waals surface area contributed by atoms with Gasteiger partial charge in [0.2, 0.25) is 0 Å². The van der Waals surface area contributed by atoms with Gasteiger partial charge in [-0.25, -0.2) is 13.2 Å². The normalized spacial score (nSPS) is 12.8. The van der Waals surface area contributed by atoms with E-state index in [2.05, 4.69) is 15.6 Å². The van der Waals surface area contributed by atoms with Crippen molar-refractivity contribution in [2.24, 2.45) is 4.99 Å². The lowest BCUT2D eigenvalue weighted by Gasteiger charge is -2.18. The molecular weight excluding hydrogens is 382 g/mol. The molecule has 0 aliphatic carbocycles. The Morgan fingerprint density at radius 2 is 2.00 bits per heavy atom. The molecule has 1 aromatic carbocycles. The number of halogens is 4. The van der Waals surface area contributed by atoms with Crippen molar-refractivity contribution < 1.29 is 13.2 Å². The summed E-state index contributed by atoms with van der Waals surface area (Å²) in [6.07, 6.45) is -2.45. The fraction of sp³-hybridized carbons (Fsp3) is 0.462. The lowest BCUT2D eigenvalue weighted by Crippen LogP contribution is -2.40. The molecule has 0 heterocycles. The van der Waals surface area contributed by atoms with Crippen molar-refractivity contribution in [1.29, 1.82) is 0 Å². The van der Waals surface area contributed by atoms with Crippen molar-refractivity contribution >= 4 is 29.9 Å². The molecule has 1 aromatic rings. The lowest BCUT2D eigenvalue weighted by molar-refractivity contribution is 0.152. The average molecular weight is 401 g/mol. The number of rotatable bonds is 4. The highest BCUT2D eigenvalue weighted by Gasteiger charge is 2.10. The van der Waals surface area contributed by atoms with Crippen molar-refractivity contribution in [3.63, 3.8) is 0 Å². The lowest BCUT2D eigenvalue weighted by atomic mass is 10.1.